The summed E-state index contributed by atoms with van der Waals surface area (Å²) in [6, 6.07) is 21.0. The minimum atomic E-state index is -4.50. The van der Waals surface area contributed by atoms with Gasteiger partial charge >= 0.3 is 29.6 Å². The maximum absolute atomic E-state index is 11.6. The van der Waals surface area contributed by atoms with E-state index in [1.54, 1.807) is 12.1 Å². The van der Waals surface area contributed by atoms with E-state index in [0.29, 0.717) is 0 Å². The van der Waals surface area contributed by atoms with Crippen molar-refractivity contribution in [3.05, 3.63) is 83.4 Å². The second kappa shape index (κ2) is 9.00. The molecule has 0 bridgehead atoms. The molecule has 3 aromatic carbocycles. The predicted molar refractivity (Wildman–Crippen MR) is 107 cm³/mol. The van der Waals surface area contributed by atoms with E-state index in [-0.39, 0.29) is 34.5 Å². The molecule has 6 heteroatoms. The van der Waals surface area contributed by atoms with Crippen molar-refractivity contribution in [3.8, 4) is 0 Å². The van der Waals surface area contributed by atoms with E-state index in [9.17, 15) is 13.0 Å². The van der Waals surface area contributed by atoms with Gasteiger partial charge in [-0.2, -0.15) is 0 Å². The quantitative estimate of drug-likeness (QED) is 0.355. The van der Waals surface area contributed by atoms with Gasteiger partial charge in [0.05, 0.1) is 4.90 Å². The van der Waals surface area contributed by atoms with Gasteiger partial charge in [0.1, 0.15) is 10.1 Å². The molecule has 0 unspecified atom stereocenters. The Hall–Kier alpha value is -1.000. The monoisotopic (exact) mass is 406 g/mol. The van der Waals surface area contributed by atoms with Crippen molar-refractivity contribution >= 4 is 34.0 Å². The number of hydrogen-bond donors (Lipinski definition) is 0. The van der Waals surface area contributed by atoms with Crippen molar-refractivity contribution in [2.75, 3.05) is 0 Å². The number of hydrogen-bond acceptors (Lipinski definition) is 3. The Balaban J connectivity index is 0.00000261. The largest absolute Gasteiger partial charge is 1.00 e. The van der Waals surface area contributed by atoms with Gasteiger partial charge < -0.3 is 4.55 Å². The van der Waals surface area contributed by atoms with Crippen LogP contribution in [0.4, 0.5) is 0 Å². The van der Waals surface area contributed by atoms with Gasteiger partial charge in [0, 0.05) is 0 Å². The minimum Gasteiger partial charge on any atom is -0.744 e. The second-order valence-electron chi connectivity index (χ2n) is 6.31. The van der Waals surface area contributed by atoms with Crippen LogP contribution in [0.25, 0.3) is 0 Å². The fourth-order valence-electron chi connectivity index (χ4n) is 3.00. The summed E-state index contributed by atoms with van der Waals surface area (Å²) in [6.07, 6.45) is 0. The van der Waals surface area contributed by atoms with Crippen LogP contribution in [0, 0.1) is 20.8 Å². The van der Waals surface area contributed by atoms with Gasteiger partial charge in [-0.3, -0.25) is 0 Å². The third-order valence-corrected chi connectivity index (χ3v) is 8.18. The Morgan fingerprint density at radius 1 is 0.704 bits per heavy atom. The molecule has 0 saturated carbocycles. The van der Waals surface area contributed by atoms with E-state index in [2.05, 4.69) is 38.1 Å². The van der Waals surface area contributed by atoms with E-state index in [0.717, 1.165) is 22.0 Å². The van der Waals surface area contributed by atoms with Crippen LogP contribution in [0.5, 0.6) is 0 Å². The average molecular weight is 406 g/mol. The zero-order chi connectivity index (χ0) is 18.9. The molecule has 0 fully saturated rings. The van der Waals surface area contributed by atoms with Gasteiger partial charge in [-0.15, -0.1) is 0 Å². The van der Waals surface area contributed by atoms with Gasteiger partial charge in [0.15, 0.2) is 0 Å². The van der Waals surface area contributed by atoms with E-state index < -0.39 is 18.0 Å². The molecule has 0 spiro atoms. The molecule has 0 aromatic heterocycles. The molecule has 3 aromatic rings. The number of aryl methyl sites for hydroxylation is 3. The molecule has 0 aliphatic heterocycles. The molecule has 0 aliphatic carbocycles. The molecule has 27 heavy (non-hydrogen) atoms. The first kappa shape index (κ1) is 22.3. The summed E-state index contributed by atoms with van der Waals surface area (Å²) >= 11 is 0. The molecular formula is C21H20NaO3PS. The molecule has 0 amide bonds. The Morgan fingerprint density at radius 2 is 1.15 bits per heavy atom. The van der Waals surface area contributed by atoms with Crippen LogP contribution in [-0.4, -0.2) is 13.0 Å². The third-order valence-electron chi connectivity index (χ3n) is 4.42. The second-order valence-corrected chi connectivity index (χ2v) is 9.81. The molecule has 134 valence electrons. The topological polar surface area (TPSA) is 57.2 Å². The fraction of sp³-hybridized carbons (Fsp3) is 0.143. The molecule has 0 N–H and O–H groups in total. The van der Waals surface area contributed by atoms with Gasteiger partial charge in [-0.05, 0) is 73.4 Å². The van der Waals surface area contributed by atoms with Crippen LogP contribution in [0.3, 0.4) is 0 Å². The van der Waals surface area contributed by atoms with Crippen molar-refractivity contribution in [3.63, 3.8) is 0 Å². The standard InChI is InChI=1S/C21H21O3PS.Na/c1-15-8-4-6-10-19(15)25(20-11-7-5-9-16(20)2)21-14-18(26(22,23)24)13-12-17(21)3;/h4-14H,1-3H3,(H,22,23,24);/q;+1/p-1. The Morgan fingerprint density at radius 3 is 1.59 bits per heavy atom. The maximum Gasteiger partial charge on any atom is 1.00 e. The smallest absolute Gasteiger partial charge is 0.744 e. The van der Waals surface area contributed by atoms with Gasteiger partial charge in [-0.1, -0.05) is 54.6 Å². The summed E-state index contributed by atoms with van der Waals surface area (Å²) in [7, 11) is -5.48. The van der Waals surface area contributed by atoms with Crippen molar-refractivity contribution in [2.45, 2.75) is 25.7 Å². The number of benzene rings is 3. The zero-order valence-corrected chi connectivity index (χ0v) is 19.6. The molecule has 0 heterocycles. The van der Waals surface area contributed by atoms with E-state index in [1.807, 2.05) is 31.2 Å². The summed E-state index contributed by atoms with van der Waals surface area (Å²) in [5.41, 5.74) is 3.28. The van der Waals surface area contributed by atoms with Crippen LogP contribution in [0.15, 0.2) is 71.6 Å². The zero-order valence-electron chi connectivity index (χ0n) is 15.9. The molecule has 0 radical (unpaired) electrons. The van der Waals surface area contributed by atoms with Crippen LogP contribution in [0.1, 0.15) is 16.7 Å². The van der Waals surface area contributed by atoms with Crippen molar-refractivity contribution in [1.82, 2.24) is 0 Å². The SMILES string of the molecule is Cc1ccccc1P(c1ccccc1C)c1cc(S(=O)(=O)[O-])ccc1C.[Na+]. The normalized spacial score (nSPS) is 11.3. The first-order valence-electron chi connectivity index (χ1n) is 8.27. The summed E-state index contributed by atoms with van der Waals surface area (Å²) in [6.45, 7) is 6.08. The van der Waals surface area contributed by atoms with E-state index >= 15 is 0 Å². The van der Waals surface area contributed by atoms with Crippen LogP contribution in [-0.2, 0) is 10.1 Å². The van der Waals surface area contributed by atoms with Crippen LogP contribution < -0.4 is 45.5 Å². The summed E-state index contributed by atoms with van der Waals surface area (Å²) in [4.78, 5) is -0.173. The van der Waals surface area contributed by atoms with Crippen molar-refractivity contribution in [1.29, 1.82) is 0 Å². The van der Waals surface area contributed by atoms with Gasteiger partial charge in [0.2, 0.25) is 0 Å². The van der Waals surface area contributed by atoms with Gasteiger partial charge in [0.25, 0.3) is 0 Å². The summed E-state index contributed by atoms with van der Waals surface area (Å²) < 4.78 is 34.7. The van der Waals surface area contributed by atoms with Crippen molar-refractivity contribution in [2.24, 2.45) is 0 Å². The van der Waals surface area contributed by atoms with Crippen LogP contribution in [0.2, 0.25) is 0 Å². The summed E-state index contributed by atoms with van der Waals surface area (Å²) in [5, 5.41) is 3.24. The summed E-state index contributed by atoms with van der Waals surface area (Å²) in [5.74, 6) is 0. The molecule has 3 nitrogen and oxygen atoms in total. The molecule has 0 aliphatic rings. The first-order chi connectivity index (χ1) is 12.3. The molecular weight excluding hydrogens is 386 g/mol. The minimum absolute atomic E-state index is 0. The Bertz CT molecular complexity index is 1020. The fourth-order valence-corrected chi connectivity index (χ4v) is 6.39. The first-order valence-corrected chi connectivity index (χ1v) is 11.0. The van der Waals surface area contributed by atoms with Crippen LogP contribution >= 0.6 is 7.92 Å². The van der Waals surface area contributed by atoms with Crippen molar-refractivity contribution < 1.29 is 42.5 Å². The van der Waals surface area contributed by atoms with E-state index in [4.69, 9.17) is 0 Å². The Labute approximate surface area is 184 Å². The number of rotatable bonds is 4. The third kappa shape index (κ3) is 4.89. The molecule has 0 atom stereocenters. The van der Waals surface area contributed by atoms with Gasteiger partial charge in [-0.25, -0.2) is 8.42 Å². The molecule has 3 rings (SSSR count). The van der Waals surface area contributed by atoms with E-state index in [1.165, 1.54) is 16.7 Å². The average Bonchev–Trinajstić information content (AvgIpc) is 2.59. The predicted octanol–water partition coefficient (Wildman–Crippen LogP) is 0.278. The Kier molecular flexibility index (Phi) is 7.43. The molecule has 0 saturated heterocycles. The maximum atomic E-state index is 11.6.